The minimum absolute atomic E-state index is 0.0746. The minimum Gasteiger partial charge on any atom is -0.504 e. The van der Waals surface area contributed by atoms with Crippen molar-refractivity contribution in [2.24, 2.45) is 4.99 Å². The second kappa shape index (κ2) is 4.71. The van der Waals surface area contributed by atoms with Gasteiger partial charge in [-0.05, 0) is 41.3 Å². The van der Waals surface area contributed by atoms with Crippen molar-refractivity contribution in [2.75, 3.05) is 7.11 Å². The average molecular weight is 316 g/mol. The zero-order valence-corrected chi connectivity index (χ0v) is 11.3. The third-order valence-electron chi connectivity index (χ3n) is 3.30. The van der Waals surface area contributed by atoms with E-state index in [1.165, 1.54) is 19.3 Å². The SMILES string of the molecule is COc1c(C2(N=C=O)CCC2)cc(Br)c(O)c1F. The van der Waals surface area contributed by atoms with Crippen LogP contribution in [-0.2, 0) is 10.3 Å². The molecule has 0 radical (unpaired) electrons. The fourth-order valence-electron chi connectivity index (χ4n) is 2.18. The maximum atomic E-state index is 13.9. The van der Waals surface area contributed by atoms with Gasteiger partial charge in [-0.15, -0.1) is 0 Å². The lowest BCUT2D eigenvalue weighted by Crippen LogP contribution is -2.32. The molecule has 1 saturated carbocycles. The van der Waals surface area contributed by atoms with Gasteiger partial charge in [-0.2, -0.15) is 9.38 Å². The van der Waals surface area contributed by atoms with Crippen molar-refractivity contribution in [1.82, 2.24) is 0 Å². The number of ether oxygens (including phenoxy) is 1. The highest BCUT2D eigenvalue weighted by Crippen LogP contribution is 2.51. The summed E-state index contributed by atoms with van der Waals surface area (Å²) in [6, 6.07) is 1.54. The van der Waals surface area contributed by atoms with E-state index >= 15 is 0 Å². The minimum atomic E-state index is -0.853. The molecule has 0 saturated heterocycles. The van der Waals surface area contributed by atoms with Gasteiger partial charge in [-0.1, -0.05) is 0 Å². The molecule has 0 aromatic heterocycles. The van der Waals surface area contributed by atoms with Gasteiger partial charge in [0.2, 0.25) is 11.9 Å². The summed E-state index contributed by atoms with van der Waals surface area (Å²) < 4.78 is 19.1. The van der Waals surface area contributed by atoms with E-state index < -0.39 is 17.1 Å². The lowest BCUT2D eigenvalue weighted by molar-refractivity contribution is 0.241. The molecule has 0 amide bonds. The van der Waals surface area contributed by atoms with Crippen molar-refractivity contribution in [2.45, 2.75) is 24.8 Å². The van der Waals surface area contributed by atoms with Crippen LogP contribution in [0.2, 0.25) is 0 Å². The number of phenols is 1. The first-order valence-electron chi connectivity index (χ1n) is 5.40. The van der Waals surface area contributed by atoms with E-state index in [1.807, 2.05) is 0 Å². The smallest absolute Gasteiger partial charge is 0.235 e. The van der Waals surface area contributed by atoms with Crippen LogP contribution in [0.25, 0.3) is 0 Å². The van der Waals surface area contributed by atoms with Gasteiger partial charge >= 0.3 is 0 Å². The number of phenolic OH excluding ortho intramolecular Hbond substituents is 1. The molecule has 0 heterocycles. The van der Waals surface area contributed by atoms with E-state index in [1.54, 1.807) is 0 Å². The van der Waals surface area contributed by atoms with Crippen LogP contribution in [0.5, 0.6) is 11.5 Å². The molecule has 1 fully saturated rings. The second-order valence-corrected chi connectivity index (χ2v) is 5.04. The summed E-state index contributed by atoms with van der Waals surface area (Å²) in [6.45, 7) is 0. The number of isocyanates is 1. The molecule has 1 N–H and O–H groups in total. The Morgan fingerprint density at radius 2 is 2.28 bits per heavy atom. The predicted octanol–water partition coefficient (Wildman–Crippen LogP) is 3.02. The summed E-state index contributed by atoms with van der Waals surface area (Å²) in [6.07, 6.45) is 3.70. The maximum Gasteiger partial charge on any atom is 0.235 e. The number of hydrogen-bond acceptors (Lipinski definition) is 4. The van der Waals surface area contributed by atoms with Crippen LogP contribution >= 0.6 is 15.9 Å². The first kappa shape index (κ1) is 13.1. The molecule has 96 valence electrons. The molecule has 4 nitrogen and oxygen atoms in total. The lowest BCUT2D eigenvalue weighted by atomic mass is 9.72. The quantitative estimate of drug-likeness (QED) is 0.689. The van der Waals surface area contributed by atoms with Crippen LogP contribution in [0.3, 0.4) is 0 Å². The van der Waals surface area contributed by atoms with Gasteiger partial charge in [-0.3, -0.25) is 0 Å². The zero-order chi connectivity index (χ0) is 13.3. The topological polar surface area (TPSA) is 58.9 Å². The van der Waals surface area contributed by atoms with Gasteiger partial charge in [-0.25, -0.2) is 4.79 Å². The lowest BCUT2D eigenvalue weighted by Gasteiger charge is -2.38. The second-order valence-electron chi connectivity index (χ2n) is 4.19. The van der Waals surface area contributed by atoms with Crippen LogP contribution in [0.1, 0.15) is 24.8 Å². The first-order valence-corrected chi connectivity index (χ1v) is 6.19. The molecule has 2 rings (SSSR count). The summed E-state index contributed by atoms with van der Waals surface area (Å²) in [7, 11) is 1.31. The number of halogens is 2. The van der Waals surface area contributed by atoms with Gasteiger partial charge in [0.1, 0.15) is 5.54 Å². The standard InChI is InChI=1S/C12H11BrFNO3/c1-18-11-7(5-8(13)10(17)9(11)14)12(15-6-16)3-2-4-12/h5,17H,2-4H2,1H3. The molecule has 1 aromatic carbocycles. The Morgan fingerprint density at radius 3 is 2.72 bits per heavy atom. The van der Waals surface area contributed by atoms with E-state index in [9.17, 15) is 14.3 Å². The van der Waals surface area contributed by atoms with E-state index in [2.05, 4.69) is 20.9 Å². The van der Waals surface area contributed by atoms with Gasteiger partial charge in [0.05, 0.1) is 11.6 Å². The molecule has 0 unspecified atom stereocenters. The van der Waals surface area contributed by atoms with Crippen molar-refractivity contribution in [3.8, 4) is 11.5 Å². The maximum absolute atomic E-state index is 13.9. The molecule has 0 aliphatic heterocycles. The van der Waals surface area contributed by atoms with Crippen LogP contribution in [0.15, 0.2) is 15.5 Å². The molecule has 0 bridgehead atoms. The Morgan fingerprint density at radius 1 is 1.61 bits per heavy atom. The number of hydrogen-bond donors (Lipinski definition) is 1. The Kier molecular flexibility index (Phi) is 3.41. The monoisotopic (exact) mass is 315 g/mol. The summed E-state index contributed by atoms with van der Waals surface area (Å²) in [5.41, 5.74) is -0.314. The highest BCUT2D eigenvalue weighted by molar-refractivity contribution is 9.10. The van der Waals surface area contributed by atoms with Crippen molar-refractivity contribution in [3.05, 3.63) is 21.9 Å². The average Bonchev–Trinajstić information content (AvgIpc) is 2.30. The van der Waals surface area contributed by atoms with Gasteiger partial charge in [0, 0.05) is 5.56 Å². The Bertz CT molecular complexity index is 537. The normalized spacial score (nSPS) is 16.6. The summed E-state index contributed by atoms with van der Waals surface area (Å²) in [4.78, 5) is 14.3. The van der Waals surface area contributed by atoms with Crippen molar-refractivity contribution < 1.29 is 19.0 Å². The van der Waals surface area contributed by atoms with Crippen molar-refractivity contribution in [3.63, 3.8) is 0 Å². The zero-order valence-electron chi connectivity index (χ0n) is 9.67. The van der Waals surface area contributed by atoms with Gasteiger partial charge < -0.3 is 9.84 Å². The molecular weight excluding hydrogens is 305 g/mol. The Balaban J connectivity index is 2.67. The Hall–Kier alpha value is -1.39. The van der Waals surface area contributed by atoms with E-state index in [0.717, 1.165) is 6.42 Å². The van der Waals surface area contributed by atoms with Crippen LogP contribution in [0.4, 0.5) is 4.39 Å². The number of carbonyl (C=O) groups excluding carboxylic acids is 1. The molecule has 0 atom stereocenters. The fourth-order valence-corrected chi connectivity index (χ4v) is 2.58. The predicted molar refractivity (Wildman–Crippen MR) is 66.0 cm³/mol. The molecule has 1 aliphatic rings. The third kappa shape index (κ3) is 1.82. The van der Waals surface area contributed by atoms with E-state index in [-0.39, 0.29) is 10.2 Å². The first-order chi connectivity index (χ1) is 8.55. The highest BCUT2D eigenvalue weighted by Gasteiger charge is 2.42. The largest absolute Gasteiger partial charge is 0.504 e. The molecule has 0 spiro atoms. The van der Waals surface area contributed by atoms with Gasteiger partial charge in [0.25, 0.3) is 0 Å². The highest BCUT2D eigenvalue weighted by atomic mass is 79.9. The summed E-state index contributed by atoms with van der Waals surface area (Å²) in [5, 5.41) is 9.52. The summed E-state index contributed by atoms with van der Waals surface area (Å²) in [5.74, 6) is -1.44. The molecule has 18 heavy (non-hydrogen) atoms. The van der Waals surface area contributed by atoms with Gasteiger partial charge in [0.15, 0.2) is 11.5 Å². The van der Waals surface area contributed by atoms with Crippen LogP contribution in [0, 0.1) is 5.82 Å². The van der Waals surface area contributed by atoms with Crippen molar-refractivity contribution >= 4 is 22.0 Å². The van der Waals surface area contributed by atoms with E-state index in [4.69, 9.17) is 4.74 Å². The number of aromatic hydroxyl groups is 1. The third-order valence-corrected chi connectivity index (χ3v) is 3.90. The van der Waals surface area contributed by atoms with Crippen LogP contribution in [-0.4, -0.2) is 18.3 Å². The number of aliphatic imine (C=N–C) groups is 1. The number of rotatable bonds is 3. The van der Waals surface area contributed by atoms with E-state index in [0.29, 0.717) is 18.4 Å². The number of methoxy groups -OCH3 is 1. The number of nitrogens with zero attached hydrogens (tertiary/aromatic N) is 1. The Labute approximate surface area is 112 Å². The molecular formula is C12H11BrFNO3. The van der Waals surface area contributed by atoms with Crippen LogP contribution < -0.4 is 4.74 Å². The molecule has 1 aromatic rings. The van der Waals surface area contributed by atoms with Crippen molar-refractivity contribution in [1.29, 1.82) is 0 Å². The molecule has 6 heteroatoms. The molecule has 1 aliphatic carbocycles. The number of benzene rings is 1. The summed E-state index contributed by atoms with van der Waals surface area (Å²) >= 11 is 3.07. The fraction of sp³-hybridized carbons (Fsp3) is 0.417.